The summed E-state index contributed by atoms with van der Waals surface area (Å²) in [7, 11) is 0. The number of carbonyl (C=O) groups is 1. The van der Waals surface area contributed by atoms with Crippen molar-refractivity contribution in [3.8, 4) is 0 Å². The third-order valence-corrected chi connectivity index (χ3v) is 5.45. The highest BCUT2D eigenvalue weighted by Gasteiger charge is 2.29. The maximum atomic E-state index is 12.3. The molecule has 1 saturated heterocycles. The van der Waals surface area contributed by atoms with Crippen LogP contribution in [-0.2, 0) is 4.74 Å². The van der Waals surface area contributed by atoms with Gasteiger partial charge in [0.25, 0.3) is 5.56 Å². The second kappa shape index (κ2) is 6.88. The number of hydrogen-bond donors (Lipinski definition) is 1. The molecule has 0 unspecified atom stereocenters. The Hall–Kier alpha value is -2.42. The smallest absolute Gasteiger partial charge is 0.410 e. The first-order valence-corrected chi connectivity index (χ1v) is 10.1. The average Bonchev–Trinajstić information content (AvgIpc) is 3.00. The van der Waals surface area contributed by atoms with E-state index in [4.69, 9.17) is 4.74 Å². The summed E-state index contributed by atoms with van der Waals surface area (Å²) >= 11 is 3.47. The van der Waals surface area contributed by atoms with Crippen molar-refractivity contribution in [2.75, 3.05) is 13.1 Å². The van der Waals surface area contributed by atoms with E-state index in [2.05, 4.69) is 31.0 Å². The molecule has 0 atom stereocenters. The fourth-order valence-corrected chi connectivity index (χ4v) is 4.01. The van der Waals surface area contributed by atoms with Crippen LogP contribution >= 0.6 is 15.9 Å². The van der Waals surface area contributed by atoms with E-state index in [9.17, 15) is 9.59 Å². The fourth-order valence-electron chi connectivity index (χ4n) is 3.60. The van der Waals surface area contributed by atoms with Gasteiger partial charge in [0, 0.05) is 37.5 Å². The van der Waals surface area contributed by atoms with Crippen molar-refractivity contribution >= 4 is 38.6 Å². The molecule has 1 N–H and O–H groups in total. The topological polar surface area (TPSA) is 92.6 Å². The number of piperidine rings is 1. The lowest BCUT2D eigenvalue weighted by molar-refractivity contribution is 0.0203. The Morgan fingerprint density at radius 1 is 1.29 bits per heavy atom. The number of hydrogen-bond acceptors (Lipinski definition) is 5. The number of nitrogens with zero attached hydrogens (tertiary/aromatic N) is 4. The van der Waals surface area contributed by atoms with Crippen LogP contribution in [0.25, 0.3) is 16.6 Å². The molecule has 1 amide bonds. The number of halogens is 1. The van der Waals surface area contributed by atoms with Gasteiger partial charge in [-0.3, -0.25) is 9.78 Å². The lowest BCUT2D eigenvalue weighted by atomic mass is 9.93. The first-order chi connectivity index (χ1) is 13.2. The van der Waals surface area contributed by atoms with Gasteiger partial charge in [0.1, 0.15) is 16.8 Å². The van der Waals surface area contributed by atoms with E-state index < -0.39 is 5.60 Å². The zero-order chi connectivity index (χ0) is 20.1. The minimum atomic E-state index is -0.511. The van der Waals surface area contributed by atoms with Gasteiger partial charge in [-0.25, -0.2) is 9.31 Å². The van der Waals surface area contributed by atoms with Crippen molar-refractivity contribution in [2.24, 2.45) is 0 Å². The van der Waals surface area contributed by atoms with Crippen LogP contribution in [0, 0.1) is 0 Å². The standard InChI is InChI=1S/C19H22BrN5O3/c1-19(2,3)28-18(27)24-6-4-11(5-7-24)14-8-15(26)22-17-12-9-21-10-13(20)16(12)23-25(14)17/h8-11H,4-7H2,1-3H3,(H,22,26). The summed E-state index contributed by atoms with van der Waals surface area (Å²) in [5, 5.41) is 5.48. The number of fused-ring (bicyclic) bond motifs is 3. The Balaban J connectivity index is 1.64. The van der Waals surface area contributed by atoms with Crippen molar-refractivity contribution in [1.29, 1.82) is 0 Å². The lowest BCUT2D eigenvalue weighted by Gasteiger charge is -2.33. The van der Waals surface area contributed by atoms with E-state index in [1.807, 2.05) is 20.8 Å². The number of amides is 1. The van der Waals surface area contributed by atoms with Gasteiger partial charge in [-0.2, -0.15) is 5.10 Å². The van der Waals surface area contributed by atoms with Crippen LogP contribution in [-0.4, -0.2) is 49.3 Å². The predicted octanol–water partition coefficient (Wildman–Crippen LogP) is 3.45. The van der Waals surface area contributed by atoms with Crippen LogP contribution < -0.4 is 5.56 Å². The highest BCUT2D eigenvalue weighted by molar-refractivity contribution is 9.10. The second-order valence-electron chi connectivity index (χ2n) is 8.08. The molecular weight excluding hydrogens is 426 g/mol. The predicted molar refractivity (Wildman–Crippen MR) is 109 cm³/mol. The third-order valence-electron chi connectivity index (χ3n) is 4.87. The average molecular weight is 448 g/mol. The quantitative estimate of drug-likeness (QED) is 0.616. The van der Waals surface area contributed by atoms with E-state index in [1.54, 1.807) is 27.9 Å². The summed E-state index contributed by atoms with van der Waals surface area (Å²) in [6.45, 7) is 6.75. The number of pyridine rings is 1. The van der Waals surface area contributed by atoms with Gasteiger partial charge >= 0.3 is 6.09 Å². The minimum absolute atomic E-state index is 0.129. The molecule has 0 aromatic carbocycles. The number of likely N-dealkylation sites (tertiary alicyclic amines) is 1. The van der Waals surface area contributed by atoms with Crippen molar-refractivity contribution in [3.05, 3.63) is 39.0 Å². The molecule has 1 aliphatic rings. The van der Waals surface area contributed by atoms with Gasteiger partial charge < -0.3 is 14.6 Å². The van der Waals surface area contributed by atoms with Gasteiger partial charge in [-0.05, 0) is 49.5 Å². The number of H-pyrrole nitrogens is 1. The molecule has 0 saturated carbocycles. The van der Waals surface area contributed by atoms with Crippen molar-refractivity contribution in [1.82, 2.24) is 24.5 Å². The molecule has 1 aliphatic heterocycles. The molecular formula is C19H22BrN5O3. The Morgan fingerprint density at radius 2 is 2.00 bits per heavy atom. The van der Waals surface area contributed by atoms with Crippen LogP contribution in [0.5, 0.6) is 0 Å². The molecule has 9 heteroatoms. The van der Waals surface area contributed by atoms with Crippen LogP contribution in [0.4, 0.5) is 4.79 Å². The van der Waals surface area contributed by atoms with Gasteiger partial charge in [0.15, 0.2) is 0 Å². The molecule has 148 valence electrons. The summed E-state index contributed by atoms with van der Waals surface area (Å²) in [6.07, 6.45) is 4.59. The first-order valence-electron chi connectivity index (χ1n) is 9.26. The molecule has 4 rings (SSSR count). The van der Waals surface area contributed by atoms with Crippen LogP contribution in [0.1, 0.15) is 45.2 Å². The van der Waals surface area contributed by atoms with Gasteiger partial charge in [-0.1, -0.05) is 0 Å². The van der Waals surface area contributed by atoms with Crippen LogP contribution in [0.2, 0.25) is 0 Å². The van der Waals surface area contributed by atoms with E-state index in [1.165, 1.54) is 0 Å². The van der Waals surface area contributed by atoms with E-state index in [-0.39, 0.29) is 17.6 Å². The van der Waals surface area contributed by atoms with Gasteiger partial charge in [0.05, 0.1) is 15.6 Å². The number of nitrogens with one attached hydrogen (secondary N) is 1. The first kappa shape index (κ1) is 18.9. The molecule has 28 heavy (non-hydrogen) atoms. The SMILES string of the molecule is CC(C)(C)OC(=O)N1CCC(c2cc(=O)[nH]c3c4cncc(Br)c4nn23)CC1. The van der Waals surface area contributed by atoms with Gasteiger partial charge in [0.2, 0.25) is 0 Å². The second-order valence-corrected chi connectivity index (χ2v) is 8.93. The summed E-state index contributed by atoms with van der Waals surface area (Å²) < 4.78 is 8.04. The summed E-state index contributed by atoms with van der Waals surface area (Å²) in [5.41, 5.74) is 1.57. The van der Waals surface area contributed by atoms with Gasteiger partial charge in [-0.15, -0.1) is 0 Å². The van der Waals surface area contributed by atoms with Crippen LogP contribution in [0.15, 0.2) is 27.7 Å². The number of carbonyl (C=O) groups excluding carboxylic acids is 1. The lowest BCUT2D eigenvalue weighted by Crippen LogP contribution is -2.41. The summed E-state index contributed by atoms with van der Waals surface area (Å²) in [5.74, 6) is 0.129. The molecule has 3 aromatic rings. The number of rotatable bonds is 1. The largest absolute Gasteiger partial charge is 0.444 e. The molecule has 0 radical (unpaired) electrons. The fraction of sp³-hybridized carbons (Fsp3) is 0.474. The molecule has 3 aromatic heterocycles. The maximum absolute atomic E-state index is 12.3. The van der Waals surface area contributed by atoms with Crippen LogP contribution in [0.3, 0.4) is 0 Å². The molecule has 1 fully saturated rings. The highest BCUT2D eigenvalue weighted by Crippen LogP contribution is 2.31. The summed E-state index contributed by atoms with van der Waals surface area (Å²) in [4.78, 5) is 33.4. The highest BCUT2D eigenvalue weighted by atomic mass is 79.9. The van der Waals surface area contributed by atoms with E-state index in [0.29, 0.717) is 18.7 Å². The molecule has 0 spiro atoms. The van der Waals surface area contributed by atoms with Crippen molar-refractivity contribution in [3.63, 3.8) is 0 Å². The molecule has 4 heterocycles. The normalized spacial score (nSPS) is 16.1. The maximum Gasteiger partial charge on any atom is 0.410 e. The van der Waals surface area contributed by atoms with Crippen molar-refractivity contribution in [2.45, 2.75) is 45.1 Å². The summed E-state index contributed by atoms with van der Waals surface area (Å²) in [6, 6.07) is 1.61. The molecule has 0 bridgehead atoms. The number of aromatic amines is 1. The molecule has 8 nitrogen and oxygen atoms in total. The number of aromatic nitrogens is 4. The van der Waals surface area contributed by atoms with E-state index in [0.717, 1.165) is 33.9 Å². The van der Waals surface area contributed by atoms with E-state index >= 15 is 0 Å². The third kappa shape index (κ3) is 3.50. The zero-order valence-corrected chi connectivity index (χ0v) is 17.6. The Labute approximate surface area is 170 Å². The Kier molecular flexibility index (Phi) is 4.65. The number of ether oxygens (including phenoxy) is 1. The monoisotopic (exact) mass is 447 g/mol. The molecule has 0 aliphatic carbocycles. The zero-order valence-electron chi connectivity index (χ0n) is 16.0. The Morgan fingerprint density at radius 3 is 2.68 bits per heavy atom. The Bertz CT molecular complexity index is 1110. The minimum Gasteiger partial charge on any atom is -0.444 e. The van der Waals surface area contributed by atoms with Crippen molar-refractivity contribution < 1.29 is 9.53 Å².